The highest BCUT2D eigenvalue weighted by atomic mass is 14.9. The van der Waals surface area contributed by atoms with Crippen molar-refractivity contribution in [1.82, 2.24) is 5.32 Å². The van der Waals surface area contributed by atoms with Crippen molar-refractivity contribution in [2.45, 2.75) is 32.9 Å². The quantitative estimate of drug-likeness (QED) is 0.778. The van der Waals surface area contributed by atoms with Crippen LogP contribution in [-0.4, -0.2) is 6.04 Å². The summed E-state index contributed by atoms with van der Waals surface area (Å²) in [6.07, 6.45) is 6.30. The Morgan fingerprint density at radius 1 is 1.50 bits per heavy atom. The highest BCUT2D eigenvalue weighted by Crippen LogP contribution is 2.10. The fourth-order valence-corrected chi connectivity index (χ4v) is 1.52. The van der Waals surface area contributed by atoms with Gasteiger partial charge in [0.1, 0.15) is 0 Å². The highest BCUT2D eigenvalue weighted by molar-refractivity contribution is 5.37. The Morgan fingerprint density at radius 2 is 2.25 bits per heavy atom. The molecule has 0 radical (unpaired) electrons. The van der Waals surface area contributed by atoms with E-state index in [9.17, 15) is 0 Å². The van der Waals surface area contributed by atoms with Crippen LogP contribution in [-0.2, 0) is 6.54 Å². The van der Waals surface area contributed by atoms with Crippen LogP contribution in [0.3, 0.4) is 0 Å². The number of aryl methyl sites for hydroxylation is 1. The molecule has 0 heterocycles. The van der Waals surface area contributed by atoms with E-state index >= 15 is 0 Å². The molecular formula is C14H16N2. The summed E-state index contributed by atoms with van der Waals surface area (Å²) in [7, 11) is 0. The molecule has 1 aromatic carbocycles. The summed E-state index contributed by atoms with van der Waals surface area (Å²) in [5, 5.41) is 12.0. The molecule has 82 valence electrons. The lowest BCUT2D eigenvalue weighted by Gasteiger charge is -2.12. The van der Waals surface area contributed by atoms with Crippen LogP contribution in [0.4, 0.5) is 0 Å². The van der Waals surface area contributed by atoms with E-state index in [0.29, 0.717) is 5.56 Å². The Hall–Kier alpha value is -1.77. The second-order valence-corrected chi connectivity index (χ2v) is 3.76. The van der Waals surface area contributed by atoms with Crippen LogP contribution in [0.1, 0.15) is 30.0 Å². The predicted molar refractivity (Wildman–Crippen MR) is 65.6 cm³/mol. The van der Waals surface area contributed by atoms with Gasteiger partial charge >= 0.3 is 0 Å². The fourth-order valence-electron chi connectivity index (χ4n) is 1.52. The maximum absolute atomic E-state index is 8.76. The lowest BCUT2D eigenvalue weighted by atomic mass is 10.1. The standard InChI is InChI=1S/C14H16N2/c1-4-14(5-2)16-10-13-7-6-12(9-15)8-11(13)3/h1,6-8,14,16H,5,10H2,2-3H3. The fraction of sp³-hybridized carbons (Fsp3) is 0.357. The molecule has 0 bridgehead atoms. The summed E-state index contributed by atoms with van der Waals surface area (Å²) in [5.41, 5.74) is 3.01. The van der Waals surface area contributed by atoms with Crippen LogP contribution in [0.5, 0.6) is 0 Å². The number of nitrogens with zero attached hydrogens (tertiary/aromatic N) is 1. The zero-order valence-corrected chi connectivity index (χ0v) is 9.75. The molecule has 0 spiro atoms. The summed E-state index contributed by atoms with van der Waals surface area (Å²) in [6.45, 7) is 4.82. The topological polar surface area (TPSA) is 35.8 Å². The van der Waals surface area contributed by atoms with Crippen molar-refractivity contribution < 1.29 is 0 Å². The first-order valence-electron chi connectivity index (χ1n) is 5.40. The normalized spacial score (nSPS) is 11.5. The van der Waals surface area contributed by atoms with Crippen molar-refractivity contribution >= 4 is 0 Å². The third kappa shape index (κ3) is 3.12. The molecule has 2 nitrogen and oxygen atoms in total. The zero-order chi connectivity index (χ0) is 12.0. The molecular weight excluding hydrogens is 196 g/mol. The van der Waals surface area contributed by atoms with Gasteiger partial charge in [-0.25, -0.2) is 0 Å². The first-order chi connectivity index (χ1) is 7.71. The van der Waals surface area contributed by atoms with Gasteiger partial charge in [-0.1, -0.05) is 18.9 Å². The second-order valence-electron chi connectivity index (χ2n) is 3.76. The van der Waals surface area contributed by atoms with E-state index in [4.69, 9.17) is 11.7 Å². The molecule has 1 N–H and O–H groups in total. The van der Waals surface area contributed by atoms with E-state index in [1.807, 2.05) is 25.1 Å². The van der Waals surface area contributed by atoms with Gasteiger partial charge in [0.05, 0.1) is 17.7 Å². The van der Waals surface area contributed by atoms with Crippen LogP contribution in [0.2, 0.25) is 0 Å². The van der Waals surface area contributed by atoms with Gasteiger partial charge in [-0.2, -0.15) is 5.26 Å². The van der Waals surface area contributed by atoms with Gasteiger partial charge in [-0.3, -0.25) is 5.32 Å². The van der Waals surface area contributed by atoms with Crippen LogP contribution < -0.4 is 5.32 Å². The van der Waals surface area contributed by atoms with Crippen molar-refractivity contribution in [3.05, 3.63) is 34.9 Å². The molecule has 0 aliphatic rings. The van der Waals surface area contributed by atoms with Gasteiger partial charge in [0.25, 0.3) is 0 Å². The number of hydrogen-bond acceptors (Lipinski definition) is 2. The van der Waals surface area contributed by atoms with Gasteiger partial charge in [0, 0.05) is 6.54 Å². The van der Waals surface area contributed by atoms with Crippen LogP contribution in [0, 0.1) is 30.6 Å². The van der Waals surface area contributed by atoms with E-state index in [1.165, 1.54) is 5.56 Å². The summed E-state index contributed by atoms with van der Waals surface area (Å²) >= 11 is 0. The minimum Gasteiger partial charge on any atom is -0.300 e. The predicted octanol–water partition coefficient (Wildman–Crippen LogP) is 2.37. The smallest absolute Gasteiger partial charge is 0.0991 e. The van der Waals surface area contributed by atoms with Gasteiger partial charge in [0.15, 0.2) is 0 Å². The van der Waals surface area contributed by atoms with E-state index < -0.39 is 0 Å². The number of nitrogens with one attached hydrogen (secondary N) is 1. The summed E-state index contributed by atoms with van der Waals surface area (Å²) in [5.74, 6) is 2.70. The average Bonchev–Trinajstić information content (AvgIpc) is 2.32. The maximum atomic E-state index is 8.76. The summed E-state index contributed by atoms with van der Waals surface area (Å²) in [4.78, 5) is 0. The number of benzene rings is 1. The Kier molecular flexibility index (Phi) is 4.58. The van der Waals surface area contributed by atoms with Gasteiger partial charge in [-0.15, -0.1) is 6.42 Å². The van der Waals surface area contributed by atoms with Crippen molar-refractivity contribution in [1.29, 1.82) is 5.26 Å². The molecule has 0 aromatic heterocycles. The second kappa shape index (κ2) is 5.95. The van der Waals surface area contributed by atoms with E-state index in [-0.39, 0.29) is 6.04 Å². The molecule has 0 aliphatic heterocycles. The molecule has 0 amide bonds. The van der Waals surface area contributed by atoms with Gasteiger partial charge < -0.3 is 0 Å². The number of rotatable bonds is 4. The first kappa shape index (κ1) is 12.3. The molecule has 1 unspecified atom stereocenters. The van der Waals surface area contributed by atoms with Crippen LogP contribution in [0.25, 0.3) is 0 Å². The average molecular weight is 212 g/mol. The van der Waals surface area contributed by atoms with Crippen molar-refractivity contribution in [2.75, 3.05) is 0 Å². The lowest BCUT2D eigenvalue weighted by molar-refractivity contribution is 0.591. The molecule has 2 heteroatoms. The molecule has 0 aliphatic carbocycles. The SMILES string of the molecule is C#CC(CC)NCc1ccc(C#N)cc1C. The lowest BCUT2D eigenvalue weighted by Crippen LogP contribution is -2.26. The van der Waals surface area contributed by atoms with Crippen molar-refractivity contribution in [3.8, 4) is 18.4 Å². The molecule has 0 saturated heterocycles. The Labute approximate surface area is 97.3 Å². The largest absolute Gasteiger partial charge is 0.300 e. The summed E-state index contributed by atoms with van der Waals surface area (Å²) < 4.78 is 0. The molecule has 16 heavy (non-hydrogen) atoms. The third-order valence-electron chi connectivity index (χ3n) is 2.62. The highest BCUT2D eigenvalue weighted by Gasteiger charge is 2.03. The van der Waals surface area contributed by atoms with Gasteiger partial charge in [-0.05, 0) is 36.6 Å². The third-order valence-corrected chi connectivity index (χ3v) is 2.62. The Morgan fingerprint density at radius 3 is 2.75 bits per heavy atom. The number of nitriles is 1. The van der Waals surface area contributed by atoms with Crippen LogP contribution >= 0.6 is 0 Å². The van der Waals surface area contributed by atoms with Crippen molar-refractivity contribution in [2.24, 2.45) is 0 Å². The Bertz CT molecular complexity index is 435. The Balaban J connectivity index is 2.69. The number of hydrogen-bond donors (Lipinski definition) is 1. The minimum absolute atomic E-state index is 0.120. The maximum Gasteiger partial charge on any atom is 0.0991 e. The monoisotopic (exact) mass is 212 g/mol. The molecule has 0 saturated carbocycles. The summed E-state index contributed by atoms with van der Waals surface area (Å²) in [6, 6.07) is 7.96. The molecule has 1 aromatic rings. The van der Waals surface area contributed by atoms with Crippen LogP contribution in [0.15, 0.2) is 18.2 Å². The van der Waals surface area contributed by atoms with Gasteiger partial charge in [0.2, 0.25) is 0 Å². The number of terminal acetylenes is 1. The van der Waals surface area contributed by atoms with E-state index in [0.717, 1.165) is 18.5 Å². The molecule has 1 rings (SSSR count). The van der Waals surface area contributed by atoms with E-state index in [2.05, 4.69) is 24.2 Å². The van der Waals surface area contributed by atoms with Crippen molar-refractivity contribution in [3.63, 3.8) is 0 Å². The minimum atomic E-state index is 0.120. The zero-order valence-electron chi connectivity index (χ0n) is 9.75. The first-order valence-corrected chi connectivity index (χ1v) is 5.40. The molecule has 0 fully saturated rings. The van der Waals surface area contributed by atoms with E-state index in [1.54, 1.807) is 0 Å². The molecule has 1 atom stereocenters.